The summed E-state index contributed by atoms with van der Waals surface area (Å²) >= 11 is 0. The number of aromatic hydroxyl groups is 1. The molecule has 23 heavy (non-hydrogen) atoms. The van der Waals surface area contributed by atoms with Gasteiger partial charge in [-0.2, -0.15) is 0 Å². The van der Waals surface area contributed by atoms with Crippen molar-refractivity contribution in [2.75, 3.05) is 21.1 Å². The van der Waals surface area contributed by atoms with Crippen molar-refractivity contribution in [1.29, 1.82) is 0 Å². The summed E-state index contributed by atoms with van der Waals surface area (Å²) in [5.41, 5.74) is 0. The van der Waals surface area contributed by atoms with Gasteiger partial charge in [-0.1, -0.05) is 66.2 Å². The van der Waals surface area contributed by atoms with Crippen LogP contribution in [0.2, 0.25) is 0 Å². The molecule has 0 aliphatic rings. The van der Waals surface area contributed by atoms with E-state index in [-0.39, 0.29) is 0 Å². The highest BCUT2D eigenvalue weighted by atomic mass is 16.3. The van der Waals surface area contributed by atoms with E-state index in [9.17, 15) is 0 Å². The third-order valence-corrected chi connectivity index (χ3v) is 2.46. The standard InChI is InChI=1S/C9H21N.C6H6O.C3H9N.C2H6/c1-5-7-9(6-2)10-8(3)4;7-6-4-2-1-3-5-6;1-4(2)3;1-2/h8-10H,5-7H2,1-4H3;1-5,7H;1-3H3;1-2H3. The second-order valence-electron chi connectivity index (χ2n) is 5.89. The molecular formula is C20H42N2O. The fourth-order valence-corrected chi connectivity index (χ4v) is 1.65. The monoisotopic (exact) mass is 326 g/mol. The summed E-state index contributed by atoms with van der Waals surface area (Å²) in [6.45, 7) is 12.9. The number of phenolic OH excluding ortho intramolecular Hbond substituents is 1. The van der Waals surface area contributed by atoms with Crippen molar-refractivity contribution in [3.8, 4) is 5.75 Å². The van der Waals surface area contributed by atoms with Crippen molar-refractivity contribution in [2.45, 2.75) is 72.9 Å². The van der Waals surface area contributed by atoms with E-state index in [4.69, 9.17) is 5.11 Å². The van der Waals surface area contributed by atoms with E-state index in [1.165, 1.54) is 19.3 Å². The Balaban J connectivity index is -0.000000267. The quantitative estimate of drug-likeness (QED) is 0.784. The molecule has 0 spiro atoms. The van der Waals surface area contributed by atoms with E-state index in [2.05, 4.69) is 33.0 Å². The normalized spacial score (nSPS) is 10.6. The molecule has 0 bridgehead atoms. The third kappa shape index (κ3) is 29.6. The van der Waals surface area contributed by atoms with Gasteiger partial charge in [-0.05, 0) is 46.1 Å². The van der Waals surface area contributed by atoms with Crippen LogP contribution in [0.25, 0.3) is 0 Å². The van der Waals surface area contributed by atoms with Crippen LogP contribution < -0.4 is 5.32 Å². The first-order valence-corrected chi connectivity index (χ1v) is 8.94. The first kappa shape index (κ1) is 26.8. The van der Waals surface area contributed by atoms with Crippen LogP contribution in [-0.2, 0) is 0 Å². The van der Waals surface area contributed by atoms with E-state index in [1.807, 2.05) is 46.0 Å². The van der Waals surface area contributed by atoms with Crippen LogP contribution in [0.15, 0.2) is 30.3 Å². The van der Waals surface area contributed by atoms with Crippen LogP contribution >= 0.6 is 0 Å². The lowest BCUT2D eigenvalue weighted by Gasteiger charge is -2.18. The van der Waals surface area contributed by atoms with E-state index in [0.717, 1.165) is 6.04 Å². The Kier molecular flexibility index (Phi) is 24.4. The van der Waals surface area contributed by atoms with Gasteiger partial charge in [-0.3, -0.25) is 0 Å². The van der Waals surface area contributed by atoms with E-state index >= 15 is 0 Å². The molecule has 0 aliphatic carbocycles. The molecule has 1 unspecified atom stereocenters. The largest absolute Gasteiger partial charge is 0.508 e. The molecule has 0 saturated heterocycles. The summed E-state index contributed by atoms with van der Waals surface area (Å²) in [4.78, 5) is 2.00. The topological polar surface area (TPSA) is 35.5 Å². The van der Waals surface area contributed by atoms with Crippen LogP contribution in [0.4, 0.5) is 0 Å². The van der Waals surface area contributed by atoms with Gasteiger partial charge in [0.05, 0.1) is 0 Å². The Morgan fingerprint density at radius 1 is 1.00 bits per heavy atom. The predicted molar refractivity (Wildman–Crippen MR) is 106 cm³/mol. The molecule has 1 aromatic carbocycles. The van der Waals surface area contributed by atoms with Crippen LogP contribution in [-0.4, -0.2) is 43.2 Å². The molecule has 0 aliphatic heterocycles. The highest BCUT2D eigenvalue weighted by Gasteiger charge is 2.04. The minimum absolute atomic E-state index is 0.322. The van der Waals surface area contributed by atoms with Gasteiger partial charge >= 0.3 is 0 Å². The molecule has 1 atom stereocenters. The van der Waals surface area contributed by atoms with Crippen LogP contribution in [0.1, 0.15) is 60.8 Å². The third-order valence-electron chi connectivity index (χ3n) is 2.46. The number of phenols is 1. The Morgan fingerprint density at radius 3 is 1.65 bits per heavy atom. The molecule has 138 valence electrons. The Bertz CT molecular complexity index is 297. The van der Waals surface area contributed by atoms with Crippen molar-refractivity contribution < 1.29 is 5.11 Å². The molecule has 0 amide bonds. The second kappa shape index (κ2) is 20.9. The Morgan fingerprint density at radius 2 is 1.43 bits per heavy atom. The molecule has 0 saturated carbocycles. The van der Waals surface area contributed by atoms with Crippen LogP contribution in [0.5, 0.6) is 5.75 Å². The van der Waals surface area contributed by atoms with E-state index in [1.54, 1.807) is 24.3 Å². The van der Waals surface area contributed by atoms with Gasteiger partial charge in [0, 0.05) is 12.1 Å². The van der Waals surface area contributed by atoms with Gasteiger partial charge < -0.3 is 15.3 Å². The van der Waals surface area contributed by atoms with Crippen LogP contribution in [0.3, 0.4) is 0 Å². The van der Waals surface area contributed by atoms with Gasteiger partial charge in [-0.25, -0.2) is 0 Å². The average molecular weight is 327 g/mol. The number of nitrogens with zero attached hydrogens (tertiary/aromatic N) is 1. The maximum atomic E-state index is 8.63. The molecule has 0 radical (unpaired) electrons. The van der Waals surface area contributed by atoms with Gasteiger partial charge in [0.25, 0.3) is 0 Å². The number of hydrogen-bond donors (Lipinski definition) is 2. The molecule has 0 heterocycles. The molecule has 1 aromatic rings. The average Bonchev–Trinajstić information content (AvgIpc) is 2.49. The molecule has 0 fully saturated rings. The zero-order valence-electron chi connectivity index (χ0n) is 17.1. The lowest BCUT2D eigenvalue weighted by molar-refractivity contribution is 0.425. The van der Waals surface area contributed by atoms with Crippen molar-refractivity contribution in [1.82, 2.24) is 10.2 Å². The van der Waals surface area contributed by atoms with Gasteiger partial charge in [0.1, 0.15) is 5.75 Å². The number of benzene rings is 1. The maximum Gasteiger partial charge on any atom is 0.115 e. The predicted octanol–water partition coefficient (Wildman–Crippen LogP) is 5.16. The second-order valence-corrected chi connectivity index (χ2v) is 5.89. The summed E-state index contributed by atoms with van der Waals surface area (Å²) in [7, 11) is 6.00. The first-order valence-electron chi connectivity index (χ1n) is 8.94. The van der Waals surface area contributed by atoms with Gasteiger partial charge in [0.2, 0.25) is 0 Å². The highest BCUT2D eigenvalue weighted by molar-refractivity contribution is 5.18. The zero-order valence-corrected chi connectivity index (χ0v) is 17.1. The first-order chi connectivity index (χ1) is 10.8. The maximum absolute atomic E-state index is 8.63. The smallest absolute Gasteiger partial charge is 0.115 e. The highest BCUT2D eigenvalue weighted by Crippen LogP contribution is 2.03. The van der Waals surface area contributed by atoms with E-state index in [0.29, 0.717) is 11.8 Å². The summed E-state index contributed by atoms with van der Waals surface area (Å²) in [5.74, 6) is 0.322. The summed E-state index contributed by atoms with van der Waals surface area (Å²) in [5, 5.41) is 12.2. The molecule has 2 N–H and O–H groups in total. The minimum Gasteiger partial charge on any atom is -0.508 e. The SMILES string of the molecule is CC.CCCC(CC)NC(C)C.CN(C)C.Oc1ccccc1. The molecular weight excluding hydrogens is 284 g/mol. The summed E-state index contributed by atoms with van der Waals surface area (Å²) in [6.07, 6.45) is 3.86. The summed E-state index contributed by atoms with van der Waals surface area (Å²) in [6, 6.07) is 10.1. The lowest BCUT2D eigenvalue weighted by Crippen LogP contribution is -2.33. The number of rotatable bonds is 5. The Labute approximate surface area is 146 Å². The van der Waals surface area contributed by atoms with Crippen molar-refractivity contribution >= 4 is 0 Å². The van der Waals surface area contributed by atoms with Crippen molar-refractivity contribution in [2.24, 2.45) is 0 Å². The minimum atomic E-state index is 0.322. The van der Waals surface area contributed by atoms with Gasteiger partial charge in [0.15, 0.2) is 0 Å². The number of para-hydroxylation sites is 1. The summed E-state index contributed by atoms with van der Waals surface area (Å²) < 4.78 is 0. The molecule has 0 aromatic heterocycles. The van der Waals surface area contributed by atoms with E-state index < -0.39 is 0 Å². The zero-order chi connectivity index (χ0) is 18.7. The fraction of sp³-hybridized carbons (Fsp3) is 0.700. The molecule has 3 heteroatoms. The van der Waals surface area contributed by atoms with Gasteiger partial charge in [-0.15, -0.1) is 0 Å². The molecule has 3 nitrogen and oxygen atoms in total. The number of nitrogens with one attached hydrogen (secondary N) is 1. The lowest BCUT2D eigenvalue weighted by atomic mass is 10.1. The van der Waals surface area contributed by atoms with Crippen molar-refractivity contribution in [3.05, 3.63) is 30.3 Å². The fourth-order valence-electron chi connectivity index (χ4n) is 1.65. The number of hydrogen-bond acceptors (Lipinski definition) is 3. The van der Waals surface area contributed by atoms with Crippen molar-refractivity contribution in [3.63, 3.8) is 0 Å². The van der Waals surface area contributed by atoms with Crippen LogP contribution in [0, 0.1) is 0 Å². The molecule has 1 rings (SSSR count). The Hall–Kier alpha value is -1.06.